The van der Waals surface area contributed by atoms with Crippen molar-refractivity contribution in [2.24, 2.45) is 11.8 Å². The van der Waals surface area contributed by atoms with E-state index in [1.54, 1.807) is 0 Å². The summed E-state index contributed by atoms with van der Waals surface area (Å²) >= 11 is 0. The molecule has 1 aliphatic carbocycles. The molecule has 6 atom stereocenters. The largest absolute Gasteiger partial charge is 0.456 e. The van der Waals surface area contributed by atoms with Crippen LogP contribution in [-0.4, -0.2) is 36.4 Å². The molecule has 0 radical (unpaired) electrons. The lowest BCUT2D eigenvalue weighted by Gasteiger charge is -2.39. The van der Waals surface area contributed by atoms with Crippen LogP contribution in [-0.2, 0) is 23.7 Å². The van der Waals surface area contributed by atoms with Crippen LogP contribution in [0.5, 0.6) is 0 Å². The number of hydrogen-bond donors (Lipinski definition) is 0. The van der Waals surface area contributed by atoms with Crippen LogP contribution >= 0.6 is 0 Å². The Morgan fingerprint density at radius 3 is 2.89 bits per heavy atom. The highest BCUT2D eigenvalue weighted by Gasteiger charge is 2.61. The Hall–Kier alpha value is -0.910. The van der Waals surface area contributed by atoms with Crippen LogP contribution in [0.4, 0.5) is 0 Å². The summed E-state index contributed by atoms with van der Waals surface area (Å²) in [7, 11) is 0. The Bertz CT molecular complexity index is 443. The Labute approximate surface area is 111 Å². The summed E-state index contributed by atoms with van der Waals surface area (Å²) in [5.41, 5.74) is 0. The smallest absolute Gasteiger partial charge is 0.310 e. The third kappa shape index (κ3) is 1.68. The van der Waals surface area contributed by atoms with Gasteiger partial charge in [-0.05, 0) is 26.7 Å². The third-order valence-corrected chi connectivity index (χ3v) is 4.43. The summed E-state index contributed by atoms with van der Waals surface area (Å²) in [4.78, 5) is 12.1. The molecule has 3 fully saturated rings. The summed E-state index contributed by atoms with van der Waals surface area (Å²) in [6, 6.07) is 0. The van der Waals surface area contributed by atoms with Crippen molar-refractivity contribution in [3.8, 4) is 0 Å². The molecule has 19 heavy (non-hydrogen) atoms. The van der Waals surface area contributed by atoms with Gasteiger partial charge >= 0.3 is 5.97 Å². The van der Waals surface area contributed by atoms with Crippen LogP contribution in [0.2, 0.25) is 0 Å². The van der Waals surface area contributed by atoms with Gasteiger partial charge in [0.25, 0.3) is 0 Å². The quantitative estimate of drug-likeness (QED) is 0.489. The molecule has 5 nitrogen and oxygen atoms in total. The van der Waals surface area contributed by atoms with Crippen molar-refractivity contribution in [1.29, 1.82) is 0 Å². The fourth-order valence-electron chi connectivity index (χ4n) is 3.64. The molecule has 0 bridgehead atoms. The molecule has 4 rings (SSSR count). The maximum Gasteiger partial charge on any atom is 0.310 e. The molecule has 0 aromatic carbocycles. The van der Waals surface area contributed by atoms with Gasteiger partial charge in [0.15, 0.2) is 24.3 Å². The summed E-state index contributed by atoms with van der Waals surface area (Å²) < 4.78 is 23.1. The Balaban J connectivity index is 1.63. The molecular formula is C14H18O5. The van der Waals surface area contributed by atoms with Crippen LogP contribution in [0.3, 0.4) is 0 Å². The van der Waals surface area contributed by atoms with E-state index in [4.69, 9.17) is 18.9 Å². The Morgan fingerprint density at radius 2 is 2.05 bits per heavy atom. The Morgan fingerprint density at radius 1 is 1.21 bits per heavy atom. The molecule has 4 aliphatic rings. The average Bonchev–Trinajstić information content (AvgIpc) is 2.83. The lowest BCUT2D eigenvalue weighted by molar-refractivity contribution is -0.234. The Kier molecular flexibility index (Phi) is 2.38. The minimum absolute atomic E-state index is 0.0712. The first-order valence-electron chi connectivity index (χ1n) is 6.93. The van der Waals surface area contributed by atoms with Gasteiger partial charge in [0.05, 0.1) is 5.92 Å². The van der Waals surface area contributed by atoms with Gasteiger partial charge in [-0.15, -0.1) is 0 Å². The number of allylic oxidation sites excluding steroid dienone is 1. The predicted molar refractivity (Wildman–Crippen MR) is 63.9 cm³/mol. The molecule has 0 aromatic heterocycles. The number of rotatable bonds is 0. The van der Waals surface area contributed by atoms with Crippen molar-refractivity contribution in [3.63, 3.8) is 0 Å². The summed E-state index contributed by atoms with van der Waals surface area (Å²) in [5.74, 6) is -0.765. The number of carbonyl (C=O) groups is 1. The molecule has 104 valence electrons. The van der Waals surface area contributed by atoms with Crippen LogP contribution in [0.1, 0.15) is 26.7 Å². The second-order valence-corrected chi connectivity index (χ2v) is 6.16. The molecule has 0 saturated carbocycles. The van der Waals surface area contributed by atoms with E-state index < -0.39 is 12.1 Å². The van der Waals surface area contributed by atoms with Crippen LogP contribution in [0.15, 0.2) is 12.2 Å². The molecule has 0 amide bonds. The highest BCUT2D eigenvalue weighted by atomic mass is 16.8. The normalized spacial score (nSPS) is 50.3. The molecule has 3 aliphatic heterocycles. The topological polar surface area (TPSA) is 54.0 Å². The highest BCUT2D eigenvalue weighted by Crippen LogP contribution is 2.46. The molecule has 0 aromatic rings. The van der Waals surface area contributed by atoms with Crippen molar-refractivity contribution >= 4 is 5.97 Å². The number of esters is 1. The zero-order chi connectivity index (χ0) is 13.2. The lowest BCUT2D eigenvalue weighted by Crippen LogP contribution is -2.51. The minimum Gasteiger partial charge on any atom is -0.456 e. The molecule has 0 N–H and O–H groups in total. The highest BCUT2D eigenvalue weighted by molar-refractivity contribution is 5.75. The van der Waals surface area contributed by atoms with Crippen molar-refractivity contribution in [1.82, 2.24) is 0 Å². The first-order valence-corrected chi connectivity index (χ1v) is 6.93. The second kappa shape index (κ2) is 3.81. The molecule has 0 spiro atoms. The summed E-state index contributed by atoms with van der Waals surface area (Å²) in [5, 5.41) is 0. The number of ether oxygens (including phenoxy) is 4. The van der Waals surface area contributed by atoms with E-state index in [0.29, 0.717) is 0 Å². The van der Waals surface area contributed by atoms with E-state index in [1.165, 1.54) is 0 Å². The maximum atomic E-state index is 12.1. The van der Waals surface area contributed by atoms with E-state index in [2.05, 4.69) is 12.2 Å². The number of fused-ring (bicyclic) bond motifs is 5. The first-order chi connectivity index (χ1) is 9.05. The van der Waals surface area contributed by atoms with Crippen molar-refractivity contribution in [2.75, 3.05) is 0 Å². The van der Waals surface area contributed by atoms with Crippen molar-refractivity contribution in [3.05, 3.63) is 12.2 Å². The fraction of sp³-hybridized carbons (Fsp3) is 0.786. The standard InChI is InChI=1S/C14H18O5/c1-14(2)18-11-10-9(17-13(11)19-14)7-5-3-4-6-8(7)12(15)16-10/h3,5,7-11,13H,4,6H2,1-2H3/t7-,8-,9+,10-,11+,13+/m0/s1. The number of carbonyl (C=O) groups excluding carboxylic acids is 1. The van der Waals surface area contributed by atoms with E-state index in [-0.39, 0.29) is 36.1 Å². The van der Waals surface area contributed by atoms with E-state index in [1.807, 2.05) is 13.8 Å². The van der Waals surface area contributed by atoms with E-state index >= 15 is 0 Å². The summed E-state index contributed by atoms with van der Waals surface area (Å²) in [6.45, 7) is 3.69. The van der Waals surface area contributed by atoms with Gasteiger partial charge in [-0.25, -0.2) is 0 Å². The van der Waals surface area contributed by atoms with E-state index in [0.717, 1.165) is 12.8 Å². The summed E-state index contributed by atoms with van der Waals surface area (Å²) in [6.07, 6.45) is 4.79. The van der Waals surface area contributed by atoms with Gasteiger partial charge in [0.1, 0.15) is 6.10 Å². The molecule has 0 unspecified atom stereocenters. The van der Waals surface area contributed by atoms with Gasteiger partial charge in [-0.2, -0.15) is 0 Å². The van der Waals surface area contributed by atoms with Crippen molar-refractivity contribution in [2.45, 2.75) is 57.1 Å². The minimum atomic E-state index is -0.675. The van der Waals surface area contributed by atoms with Gasteiger partial charge in [-0.1, -0.05) is 12.2 Å². The van der Waals surface area contributed by atoms with Gasteiger partial charge < -0.3 is 18.9 Å². The first kappa shape index (κ1) is 11.9. The molecule has 5 heteroatoms. The van der Waals surface area contributed by atoms with Gasteiger partial charge in [-0.3, -0.25) is 4.79 Å². The predicted octanol–water partition coefficient (Wildman–Crippen LogP) is 1.37. The van der Waals surface area contributed by atoms with E-state index in [9.17, 15) is 4.79 Å². The number of hydrogen-bond acceptors (Lipinski definition) is 5. The SMILES string of the molecule is CC1(C)O[C@H]2O[C@@H]3[C@H]4C=CCC[C@@H]4C(=O)O[C@@H]3[C@H]2O1. The zero-order valence-electron chi connectivity index (χ0n) is 11.1. The van der Waals surface area contributed by atoms with Crippen LogP contribution < -0.4 is 0 Å². The third-order valence-electron chi connectivity index (χ3n) is 4.43. The molecular weight excluding hydrogens is 248 g/mol. The average molecular weight is 266 g/mol. The fourth-order valence-corrected chi connectivity index (χ4v) is 3.64. The van der Waals surface area contributed by atoms with Gasteiger partial charge in [0.2, 0.25) is 0 Å². The monoisotopic (exact) mass is 266 g/mol. The van der Waals surface area contributed by atoms with Crippen LogP contribution in [0, 0.1) is 11.8 Å². The van der Waals surface area contributed by atoms with Gasteiger partial charge in [0, 0.05) is 5.92 Å². The molecule has 3 heterocycles. The maximum absolute atomic E-state index is 12.1. The second-order valence-electron chi connectivity index (χ2n) is 6.16. The molecule has 3 saturated heterocycles. The lowest BCUT2D eigenvalue weighted by atomic mass is 9.77. The zero-order valence-corrected chi connectivity index (χ0v) is 11.1. The van der Waals surface area contributed by atoms with Crippen LogP contribution in [0.25, 0.3) is 0 Å². The van der Waals surface area contributed by atoms with Crippen molar-refractivity contribution < 1.29 is 23.7 Å².